The van der Waals surface area contributed by atoms with Gasteiger partial charge in [0.1, 0.15) is 11.3 Å². The van der Waals surface area contributed by atoms with E-state index in [4.69, 9.17) is 16.3 Å². The zero-order chi connectivity index (χ0) is 27.8. The molecule has 4 rings (SSSR count). The first kappa shape index (κ1) is 32.1. The molecule has 1 N–H and O–H groups in total. The summed E-state index contributed by atoms with van der Waals surface area (Å²) in [7, 11) is 0. The third-order valence-electron chi connectivity index (χ3n) is 6.93. The number of ketones is 1. The van der Waals surface area contributed by atoms with E-state index in [-0.39, 0.29) is 53.7 Å². The van der Waals surface area contributed by atoms with E-state index in [0.29, 0.717) is 55.3 Å². The van der Waals surface area contributed by atoms with E-state index in [2.05, 4.69) is 9.88 Å². The molecule has 0 unspecified atom stereocenters. The van der Waals surface area contributed by atoms with E-state index < -0.39 is 5.91 Å². The van der Waals surface area contributed by atoms with E-state index in [0.717, 1.165) is 48.7 Å². The van der Waals surface area contributed by atoms with Crippen LogP contribution < -0.4 is 40.3 Å². The van der Waals surface area contributed by atoms with Crippen LogP contribution in [0.25, 0.3) is 10.9 Å². The van der Waals surface area contributed by atoms with Gasteiger partial charge in [-0.3, -0.25) is 14.4 Å². The monoisotopic (exact) mass is 574 g/mol. The molecule has 7 nitrogen and oxygen atoms in total. The number of pyridine rings is 1. The number of benzene rings is 2. The Morgan fingerprint density at radius 2 is 1.70 bits per heavy atom. The molecule has 0 saturated heterocycles. The van der Waals surface area contributed by atoms with Gasteiger partial charge < -0.3 is 20.8 Å². The van der Waals surface area contributed by atoms with Gasteiger partial charge in [-0.1, -0.05) is 36.2 Å². The van der Waals surface area contributed by atoms with E-state index in [1.807, 2.05) is 30.3 Å². The fraction of sp³-hybridized carbons (Fsp3) is 0.419. The molecule has 1 amide bonds. The molecule has 0 spiro atoms. The molecule has 1 heterocycles. The Morgan fingerprint density at radius 1 is 1.00 bits per heavy atom. The maximum atomic E-state index is 13.4. The summed E-state index contributed by atoms with van der Waals surface area (Å²) in [6.07, 6.45) is 8.31. The van der Waals surface area contributed by atoms with Gasteiger partial charge in [0.25, 0.3) is 5.91 Å². The zero-order valence-corrected chi connectivity index (χ0v) is 26.1. The Kier molecular flexibility index (Phi) is 12.4. The summed E-state index contributed by atoms with van der Waals surface area (Å²) in [6.45, 7) is 2.18. The van der Waals surface area contributed by atoms with Crippen molar-refractivity contribution < 1.29 is 50.1 Å². The van der Waals surface area contributed by atoms with Gasteiger partial charge in [0, 0.05) is 42.0 Å². The molecular weight excluding hydrogens is 539 g/mol. The number of unbranched alkanes of at least 4 members (excludes halogenated alkanes) is 2. The van der Waals surface area contributed by atoms with E-state index in [9.17, 15) is 19.2 Å². The van der Waals surface area contributed by atoms with Gasteiger partial charge in [-0.25, -0.2) is 0 Å². The van der Waals surface area contributed by atoms with Gasteiger partial charge in [-0.05, 0) is 80.8 Å². The van der Waals surface area contributed by atoms with Crippen LogP contribution >= 0.6 is 11.6 Å². The molecule has 1 fully saturated rings. The third-order valence-corrected chi connectivity index (χ3v) is 7.18. The Balaban J connectivity index is 0.00000294. The average Bonchev–Trinajstić information content (AvgIpc) is 3.76. The number of ether oxygens (including phenoxy) is 1. The maximum Gasteiger partial charge on any atom is 1.00 e. The Bertz CT molecular complexity index is 1410. The molecule has 40 heavy (non-hydrogen) atoms. The van der Waals surface area contributed by atoms with Crippen LogP contribution in [0.15, 0.2) is 53.5 Å². The molecule has 0 atom stereocenters. The van der Waals surface area contributed by atoms with Gasteiger partial charge in [-0.2, -0.15) is 0 Å². The van der Waals surface area contributed by atoms with E-state index in [1.165, 1.54) is 0 Å². The van der Waals surface area contributed by atoms with Gasteiger partial charge >= 0.3 is 35.5 Å². The first-order valence-electron chi connectivity index (χ1n) is 13.7. The van der Waals surface area contributed by atoms with Crippen molar-refractivity contribution in [1.82, 2.24) is 9.88 Å². The van der Waals surface area contributed by atoms with Gasteiger partial charge in [-0.15, -0.1) is 0 Å². The molecule has 1 aliphatic rings. The summed E-state index contributed by atoms with van der Waals surface area (Å²) in [5.41, 5.74) is 2.54. The van der Waals surface area contributed by atoms with Gasteiger partial charge in [0.2, 0.25) is 5.43 Å². The maximum absolute atomic E-state index is 13.4. The zero-order valence-electron chi connectivity index (χ0n) is 24.3. The van der Waals surface area contributed by atoms with Crippen molar-refractivity contribution >= 4 is 40.2 Å². The molecule has 1 aliphatic carbocycles. The molecule has 1 aromatic heterocycles. The molecule has 0 radical (unpaired) electrons. The quantitative estimate of drug-likeness (QED) is 0.181. The van der Waals surface area contributed by atoms with Crippen molar-refractivity contribution in [3.63, 3.8) is 0 Å². The number of aryl methyl sites for hydroxylation is 1. The van der Waals surface area contributed by atoms with Crippen LogP contribution in [0.4, 0.5) is 0 Å². The standard InChI is InChI=1S/C31H35ClN2O5.Na.H/c1-21(35)6-3-2-4-8-29(36)39-17-5-7-22-11-16-28-26(18-22)30(37)27(20-34(28)25-14-15-25)31(38)33-19-23-9-12-24(32)13-10-23;;/h9-13,16,18,20,25H,2-8,14-15,17,19H2,1H3,(H,33,38);;/q;+1;-1. The van der Waals surface area contributed by atoms with Crippen LogP contribution in [-0.2, 0) is 27.3 Å². The Labute approximate surface area is 263 Å². The minimum atomic E-state index is -0.398. The van der Waals surface area contributed by atoms with Crippen molar-refractivity contribution in [1.29, 1.82) is 0 Å². The number of esters is 1. The number of aromatic nitrogens is 1. The average molecular weight is 575 g/mol. The summed E-state index contributed by atoms with van der Waals surface area (Å²) in [5, 5.41) is 4.01. The van der Waals surface area contributed by atoms with Crippen LogP contribution in [-0.4, -0.2) is 28.8 Å². The number of nitrogens with one attached hydrogen (secondary N) is 1. The van der Waals surface area contributed by atoms with E-state index >= 15 is 0 Å². The van der Waals surface area contributed by atoms with Crippen molar-refractivity contribution in [3.05, 3.63) is 80.6 Å². The molecule has 208 valence electrons. The van der Waals surface area contributed by atoms with Crippen LogP contribution in [0.5, 0.6) is 0 Å². The topological polar surface area (TPSA) is 94.5 Å². The van der Waals surface area contributed by atoms with Crippen molar-refractivity contribution in [2.24, 2.45) is 0 Å². The van der Waals surface area contributed by atoms with E-state index in [1.54, 1.807) is 25.3 Å². The normalized spacial score (nSPS) is 12.6. The third kappa shape index (κ3) is 9.30. The Morgan fingerprint density at radius 3 is 2.40 bits per heavy atom. The van der Waals surface area contributed by atoms with Gasteiger partial charge in [0.05, 0.1) is 12.1 Å². The number of amides is 1. The predicted octanol–water partition coefficient (Wildman–Crippen LogP) is 3.05. The minimum absolute atomic E-state index is 0. The Hall–Kier alpha value is -2.45. The minimum Gasteiger partial charge on any atom is -1.00 e. The number of Topliss-reactive ketones (excluding diaryl/α,β-unsaturated/α-hetero) is 1. The fourth-order valence-electron chi connectivity index (χ4n) is 4.61. The molecule has 3 aromatic rings. The van der Waals surface area contributed by atoms with Crippen LogP contribution in [0, 0.1) is 0 Å². The number of nitrogens with zero attached hydrogens (tertiary/aromatic N) is 1. The van der Waals surface area contributed by atoms with Gasteiger partial charge in [0.15, 0.2) is 0 Å². The molecular formula is C31H36ClN2NaO5. The largest absolute Gasteiger partial charge is 1.00 e. The summed E-state index contributed by atoms with van der Waals surface area (Å²) < 4.78 is 7.40. The fourth-order valence-corrected chi connectivity index (χ4v) is 4.73. The summed E-state index contributed by atoms with van der Waals surface area (Å²) in [6, 6.07) is 13.3. The first-order valence-corrected chi connectivity index (χ1v) is 14.0. The number of fused-ring (bicyclic) bond motifs is 1. The molecule has 2 aromatic carbocycles. The smallest absolute Gasteiger partial charge is 1.00 e. The molecule has 0 bridgehead atoms. The summed E-state index contributed by atoms with van der Waals surface area (Å²) in [5.74, 6) is -0.450. The van der Waals surface area contributed by atoms with Crippen molar-refractivity contribution in [2.45, 2.75) is 77.3 Å². The van der Waals surface area contributed by atoms with Crippen LogP contribution in [0.2, 0.25) is 5.02 Å². The number of hydrogen-bond acceptors (Lipinski definition) is 5. The number of halogens is 1. The van der Waals surface area contributed by atoms with Crippen molar-refractivity contribution in [2.75, 3.05) is 6.61 Å². The van der Waals surface area contributed by atoms with Crippen LogP contribution in [0.1, 0.15) is 87.2 Å². The first-order chi connectivity index (χ1) is 18.8. The number of carbonyl (C=O) groups excluding carboxylic acids is 3. The number of rotatable bonds is 14. The predicted molar refractivity (Wildman–Crippen MR) is 153 cm³/mol. The number of hydrogen-bond donors (Lipinski definition) is 1. The second kappa shape index (κ2) is 15.5. The molecule has 1 saturated carbocycles. The number of carbonyl (C=O) groups is 3. The second-order valence-electron chi connectivity index (χ2n) is 10.3. The van der Waals surface area contributed by atoms with Crippen molar-refractivity contribution in [3.8, 4) is 0 Å². The molecule has 9 heteroatoms. The second-order valence-corrected chi connectivity index (χ2v) is 10.7. The SMILES string of the molecule is CC(=O)CCCCCC(=O)OCCCc1ccc2c(c1)c(=O)c(C(=O)NCc1ccc(Cl)cc1)cn2C1CC1.[H-].[Na+]. The molecule has 0 aliphatic heterocycles. The van der Waals surface area contributed by atoms with Crippen LogP contribution in [0.3, 0.4) is 0 Å². The summed E-state index contributed by atoms with van der Waals surface area (Å²) >= 11 is 5.94. The summed E-state index contributed by atoms with van der Waals surface area (Å²) in [4.78, 5) is 49.4.